The van der Waals surface area contributed by atoms with Gasteiger partial charge in [-0.3, -0.25) is 0 Å². The highest BCUT2D eigenvalue weighted by Crippen LogP contribution is 2.33. The van der Waals surface area contributed by atoms with Gasteiger partial charge in [0.15, 0.2) is 0 Å². The van der Waals surface area contributed by atoms with Crippen LogP contribution in [0.5, 0.6) is 5.75 Å². The molecular formula is C15H24N2O3S. The lowest BCUT2D eigenvalue weighted by Gasteiger charge is -2.19. The number of hydrogen-bond donors (Lipinski definition) is 2. The Morgan fingerprint density at radius 1 is 1.29 bits per heavy atom. The van der Waals surface area contributed by atoms with Gasteiger partial charge in [0.1, 0.15) is 5.75 Å². The molecule has 118 valence electrons. The van der Waals surface area contributed by atoms with Gasteiger partial charge in [0, 0.05) is 18.2 Å². The zero-order valence-corrected chi connectivity index (χ0v) is 13.7. The first-order valence-corrected chi connectivity index (χ1v) is 8.97. The van der Waals surface area contributed by atoms with Crippen LogP contribution in [-0.4, -0.2) is 34.4 Å². The fraction of sp³-hybridized carbons (Fsp3) is 0.600. The van der Waals surface area contributed by atoms with E-state index in [1.807, 2.05) is 0 Å². The maximum Gasteiger partial charge on any atom is 0.212 e. The number of benzene rings is 1. The van der Waals surface area contributed by atoms with Crippen LogP contribution in [0.2, 0.25) is 0 Å². The van der Waals surface area contributed by atoms with Gasteiger partial charge < -0.3 is 10.1 Å². The third-order valence-electron chi connectivity index (χ3n) is 3.97. The van der Waals surface area contributed by atoms with Crippen LogP contribution >= 0.6 is 0 Å². The molecule has 1 aromatic rings. The van der Waals surface area contributed by atoms with Gasteiger partial charge in [0.2, 0.25) is 10.0 Å². The second-order valence-corrected chi connectivity index (χ2v) is 7.54. The van der Waals surface area contributed by atoms with Gasteiger partial charge >= 0.3 is 0 Å². The first kappa shape index (κ1) is 16.3. The zero-order valence-electron chi connectivity index (χ0n) is 12.9. The summed E-state index contributed by atoms with van der Waals surface area (Å²) in [4.78, 5) is 0. The molecule has 6 heteroatoms. The highest BCUT2D eigenvalue weighted by atomic mass is 32.2. The molecule has 1 unspecified atom stereocenters. The van der Waals surface area contributed by atoms with Gasteiger partial charge in [-0.05, 0) is 50.9 Å². The van der Waals surface area contributed by atoms with Crippen molar-refractivity contribution in [3.05, 3.63) is 28.8 Å². The molecule has 1 aliphatic rings. The molecule has 0 saturated carbocycles. The number of nitrogens with one attached hydrogen (secondary N) is 2. The predicted molar refractivity (Wildman–Crippen MR) is 84.2 cm³/mol. The molecule has 0 aromatic heterocycles. The number of rotatable bonds is 5. The summed E-state index contributed by atoms with van der Waals surface area (Å²) in [6, 6.07) is 4.38. The van der Waals surface area contributed by atoms with Gasteiger partial charge in [-0.1, -0.05) is 6.07 Å². The van der Waals surface area contributed by atoms with Crippen LogP contribution in [0.3, 0.4) is 0 Å². The van der Waals surface area contributed by atoms with Crippen molar-refractivity contribution in [2.75, 3.05) is 26.0 Å². The number of hydrogen-bond acceptors (Lipinski definition) is 4. The van der Waals surface area contributed by atoms with E-state index in [4.69, 9.17) is 4.74 Å². The molecule has 2 N–H and O–H groups in total. The van der Waals surface area contributed by atoms with Crippen LogP contribution in [0.15, 0.2) is 12.1 Å². The second-order valence-electron chi connectivity index (χ2n) is 5.49. The van der Waals surface area contributed by atoms with Crippen LogP contribution < -0.4 is 14.8 Å². The first-order chi connectivity index (χ1) is 9.93. The standard InChI is InChI=1S/C15H24N2O3S/c1-11-9-13-14(17-6-8-21(18,19)16-3)5-4-7-20-15(13)10-12(11)2/h9-10,14,16-17H,4-8H2,1-3H3. The molecule has 1 atom stereocenters. The highest BCUT2D eigenvalue weighted by molar-refractivity contribution is 7.89. The molecular weight excluding hydrogens is 288 g/mol. The van der Waals surface area contributed by atoms with Crippen molar-refractivity contribution in [1.82, 2.24) is 10.0 Å². The normalized spacial score (nSPS) is 18.7. The third kappa shape index (κ3) is 4.18. The summed E-state index contributed by atoms with van der Waals surface area (Å²) >= 11 is 0. The van der Waals surface area contributed by atoms with Crippen molar-refractivity contribution in [3.63, 3.8) is 0 Å². The summed E-state index contributed by atoms with van der Waals surface area (Å²) in [6.45, 7) is 5.30. The topological polar surface area (TPSA) is 67.4 Å². The van der Waals surface area contributed by atoms with Crippen LogP contribution in [-0.2, 0) is 10.0 Å². The first-order valence-electron chi connectivity index (χ1n) is 7.31. The minimum atomic E-state index is -3.17. The quantitative estimate of drug-likeness (QED) is 0.867. The van der Waals surface area contributed by atoms with Crippen LogP contribution in [0.1, 0.15) is 35.6 Å². The predicted octanol–water partition coefficient (Wildman–Crippen LogP) is 1.66. The highest BCUT2D eigenvalue weighted by Gasteiger charge is 2.21. The van der Waals surface area contributed by atoms with Gasteiger partial charge in [0.05, 0.1) is 12.4 Å². The van der Waals surface area contributed by atoms with E-state index in [-0.39, 0.29) is 11.8 Å². The largest absolute Gasteiger partial charge is 0.493 e. The zero-order chi connectivity index (χ0) is 15.5. The number of aryl methyl sites for hydroxylation is 2. The Morgan fingerprint density at radius 3 is 2.71 bits per heavy atom. The molecule has 1 aromatic carbocycles. The lowest BCUT2D eigenvalue weighted by molar-refractivity contribution is 0.315. The Kier molecular flexibility index (Phi) is 5.24. The lowest BCUT2D eigenvalue weighted by Crippen LogP contribution is -2.31. The maximum absolute atomic E-state index is 11.5. The Labute approximate surface area is 127 Å². The average molecular weight is 312 g/mol. The molecule has 0 fully saturated rings. The molecule has 0 saturated heterocycles. The molecule has 1 aliphatic heterocycles. The smallest absolute Gasteiger partial charge is 0.212 e. The van der Waals surface area contributed by atoms with Gasteiger partial charge in [-0.15, -0.1) is 0 Å². The molecule has 0 bridgehead atoms. The van der Waals surface area contributed by atoms with Crippen molar-refractivity contribution in [1.29, 1.82) is 0 Å². The molecule has 2 rings (SSSR count). The minimum absolute atomic E-state index is 0.0844. The maximum atomic E-state index is 11.5. The third-order valence-corrected chi connectivity index (χ3v) is 5.33. The fourth-order valence-corrected chi connectivity index (χ4v) is 3.11. The summed E-state index contributed by atoms with van der Waals surface area (Å²) in [5.74, 6) is 1.01. The van der Waals surface area contributed by atoms with E-state index < -0.39 is 10.0 Å². The fourth-order valence-electron chi connectivity index (χ4n) is 2.52. The molecule has 0 spiro atoms. The van der Waals surface area contributed by atoms with Crippen molar-refractivity contribution >= 4 is 10.0 Å². The van der Waals surface area contributed by atoms with Crippen molar-refractivity contribution < 1.29 is 13.2 Å². The van der Waals surface area contributed by atoms with E-state index in [9.17, 15) is 8.42 Å². The van der Waals surface area contributed by atoms with Crippen LogP contribution in [0.4, 0.5) is 0 Å². The number of fused-ring (bicyclic) bond motifs is 1. The van der Waals surface area contributed by atoms with E-state index >= 15 is 0 Å². The number of sulfonamides is 1. The van der Waals surface area contributed by atoms with E-state index in [1.54, 1.807) is 0 Å². The van der Waals surface area contributed by atoms with E-state index in [1.165, 1.54) is 18.2 Å². The monoisotopic (exact) mass is 312 g/mol. The average Bonchev–Trinajstić information content (AvgIpc) is 2.62. The van der Waals surface area contributed by atoms with E-state index in [0.717, 1.165) is 24.2 Å². The van der Waals surface area contributed by atoms with E-state index in [0.29, 0.717) is 13.2 Å². The SMILES string of the molecule is CNS(=O)(=O)CCNC1CCCOc2cc(C)c(C)cc21. The molecule has 1 heterocycles. The Balaban J connectivity index is 2.12. The molecule has 0 radical (unpaired) electrons. The van der Waals surface area contributed by atoms with Gasteiger partial charge in [-0.25, -0.2) is 13.1 Å². The summed E-state index contributed by atoms with van der Waals surface area (Å²) < 4.78 is 31.1. The molecule has 21 heavy (non-hydrogen) atoms. The summed E-state index contributed by atoms with van der Waals surface area (Å²) in [7, 11) is -1.72. The Hall–Kier alpha value is -1.11. The van der Waals surface area contributed by atoms with E-state index in [2.05, 4.69) is 36.0 Å². The summed E-state index contributed by atoms with van der Waals surface area (Å²) in [5, 5.41) is 3.36. The molecule has 5 nitrogen and oxygen atoms in total. The van der Waals surface area contributed by atoms with Crippen molar-refractivity contribution in [2.24, 2.45) is 0 Å². The molecule has 0 aliphatic carbocycles. The number of ether oxygens (including phenoxy) is 1. The molecule has 0 amide bonds. The lowest BCUT2D eigenvalue weighted by atomic mass is 9.97. The Morgan fingerprint density at radius 2 is 2.00 bits per heavy atom. The van der Waals surface area contributed by atoms with Gasteiger partial charge in [0.25, 0.3) is 0 Å². The van der Waals surface area contributed by atoms with Crippen molar-refractivity contribution in [2.45, 2.75) is 32.7 Å². The van der Waals surface area contributed by atoms with Crippen molar-refractivity contribution in [3.8, 4) is 5.75 Å². The summed E-state index contributed by atoms with van der Waals surface area (Å²) in [6.07, 6.45) is 1.92. The Bertz CT molecular complexity index is 599. The van der Waals surface area contributed by atoms with Crippen LogP contribution in [0.25, 0.3) is 0 Å². The second kappa shape index (κ2) is 6.77. The minimum Gasteiger partial charge on any atom is -0.493 e. The van der Waals surface area contributed by atoms with Crippen LogP contribution in [0, 0.1) is 13.8 Å². The van der Waals surface area contributed by atoms with Gasteiger partial charge in [-0.2, -0.15) is 0 Å². The summed E-state index contributed by atoms with van der Waals surface area (Å²) in [5.41, 5.74) is 3.58.